The fourth-order valence-electron chi connectivity index (χ4n) is 5.76. The first-order valence-electron chi connectivity index (χ1n) is 16.4. The molecule has 15 nitrogen and oxygen atoms in total. The minimum atomic E-state index is -1.59. The first-order chi connectivity index (χ1) is 24.2. The van der Waals surface area contributed by atoms with Crippen LogP contribution in [-0.4, -0.2) is 103 Å². The second-order valence-corrected chi connectivity index (χ2v) is 12.2. The Morgan fingerprint density at radius 1 is 1.08 bits per heavy atom. The van der Waals surface area contributed by atoms with Gasteiger partial charge in [-0.25, -0.2) is 9.78 Å². The molecule has 3 heterocycles. The minimum absolute atomic E-state index is 0.0151. The largest absolute Gasteiger partial charge is 0.493 e. The molecule has 1 fully saturated rings. The van der Waals surface area contributed by atoms with Gasteiger partial charge in [-0.3, -0.25) is 9.48 Å². The van der Waals surface area contributed by atoms with Crippen LogP contribution in [0.4, 0.5) is 0 Å². The van der Waals surface area contributed by atoms with Crippen LogP contribution in [0.1, 0.15) is 54.5 Å². The molecule has 0 saturated carbocycles. The van der Waals surface area contributed by atoms with Crippen molar-refractivity contribution in [3.8, 4) is 11.5 Å². The fraction of sp³-hybridized carbons (Fsp3) is 0.500. The van der Waals surface area contributed by atoms with E-state index in [1.54, 1.807) is 4.68 Å². The molecule has 1 saturated heterocycles. The van der Waals surface area contributed by atoms with E-state index in [1.807, 2.05) is 37.4 Å². The van der Waals surface area contributed by atoms with E-state index in [9.17, 15) is 24.9 Å². The highest BCUT2D eigenvalue weighted by Crippen LogP contribution is 2.38. The molecule has 0 radical (unpaired) electrons. The maximum atomic E-state index is 13.2. The van der Waals surface area contributed by atoms with Crippen LogP contribution in [0, 0.1) is 0 Å². The number of nitrogens with zero attached hydrogens (tertiary/aromatic N) is 5. The molecule has 1 aliphatic heterocycles. The lowest BCUT2D eigenvalue weighted by molar-refractivity contribution is -0.293. The normalized spacial score (nSPS) is 20.6. The standard InChI is InChI=1S/C34H42ClN5O10/c1-4-22(42)10-8-13-39-17-21(37-38-39)9-7-14-40-25-12-6-5-11-24(25)36-28(40)19-48-31-23(35)15-20(16-26(31)46-2)33(45)50-32-30(44)29(43)27(18-41)49-34(32)47-3/h5-6,11-12,15-17,27,29-30,32,34,41,43-44H,4,7-10,13-14,18-19H2,1-3H3/t27-,29-,30+,32-,34+/m1/s1. The summed E-state index contributed by atoms with van der Waals surface area (Å²) in [5, 5.41) is 38.8. The third-order valence-electron chi connectivity index (χ3n) is 8.48. The van der Waals surface area contributed by atoms with Crippen molar-refractivity contribution in [2.45, 2.75) is 89.4 Å². The Bertz CT molecular complexity index is 1760. The Labute approximate surface area is 293 Å². The molecule has 2 aromatic carbocycles. The highest BCUT2D eigenvalue weighted by atomic mass is 35.5. The number of aromatic nitrogens is 5. The van der Waals surface area contributed by atoms with Gasteiger partial charge in [0.15, 0.2) is 23.9 Å². The van der Waals surface area contributed by atoms with Gasteiger partial charge in [0, 0.05) is 39.2 Å². The summed E-state index contributed by atoms with van der Waals surface area (Å²) in [4.78, 5) is 29.5. The Morgan fingerprint density at radius 3 is 2.62 bits per heavy atom. The number of esters is 1. The molecule has 0 aliphatic carbocycles. The predicted molar refractivity (Wildman–Crippen MR) is 179 cm³/mol. The van der Waals surface area contributed by atoms with Gasteiger partial charge in [0.2, 0.25) is 0 Å². The van der Waals surface area contributed by atoms with Crippen molar-refractivity contribution in [3.05, 3.63) is 64.7 Å². The number of hydrogen-bond acceptors (Lipinski definition) is 13. The van der Waals surface area contributed by atoms with Gasteiger partial charge in [-0.05, 0) is 43.5 Å². The number of aliphatic hydroxyl groups excluding tert-OH is 3. The zero-order valence-electron chi connectivity index (χ0n) is 28.1. The Kier molecular flexibility index (Phi) is 12.8. The number of halogens is 1. The highest BCUT2D eigenvalue weighted by molar-refractivity contribution is 6.32. The number of imidazole rings is 1. The molecule has 1 aliphatic rings. The van der Waals surface area contributed by atoms with Gasteiger partial charge < -0.3 is 43.6 Å². The number of benzene rings is 2. The van der Waals surface area contributed by atoms with E-state index < -0.39 is 43.3 Å². The third kappa shape index (κ3) is 8.60. The van der Waals surface area contributed by atoms with E-state index in [0.29, 0.717) is 38.2 Å². The van der Waals surface area contributed by atoms with Crippen LogP contribution in [0.25, 0.3) is 11.0 Å². The lowest BCUT2D eigenvalue weighted by atomic mass is 9.99. The highest BCUT2D eigenvalue weighted by Gasteiger charge is 2.47. The average molecular weight is 716 g/mol. The molecule has 5 atom stereocenters. The Hall–Kier alpha value is -4.12. The number of ether oxygens (including phenoxy) is 5. The number of fused-ring (bicyclic) bond motifs is 1. The summed E-state index contributed by atoms with van der Waals surface area (Å²) in [7, 11) is 2.67. The van der Waals surface area contributed by atoms with Gasteiger partial charge in [-0.2, -0.15) is 0 Å². The molecule has 3 N–H and O–H groups in total. The Balaban J connectivity index is 1.25. The SMILES string of the molecule is CCC(=O)CCCn1cc(CCCn2c(COc3c(Cl)cc(C(=O)O[C@H]4[C@@H](OC)O[C@H](CO)[C@@H](O)[C@@H]4O)cc3OC)nc3ccccc32)nn1. The zero-order chi connectivity index (χ0) is 35.8. The summed E-state index contributed by atoms with van der Waals surface area (Å²) < 4.78 is 31.6. The van der Waals surface area contributed by atoms with Crippen molar-refractivity contribution in [1.82, 2.24) is 24.5 Å². The number of hydrogen-bond donors (Lipinski definition) is 3. The number of methoxy groups -OCH3 is 2. The number of carbonyl (C=O) groups is 2. The van der Waals surface area contributed by atoms with E-state index in [-0.39, 0.29) is 34.5 Å². The van der Waals surface area contributed by atoms with Crippen molar-refractivity contribution in [2.75, 3.05) is 20.8 Å². The zero-order valence-corrected chi connectivity index (χ0v) is 28.9. The molecule has 5 rings (SSSR count). The molecule has 2 aromatic heterocycles. The summed E-state index contributed by atoms with van der Waals surface area (Å²) in [6, 6.07) is 10.5. The third-order valence-corrected chi connectivity index (χ3v) is 8.76. The van der Waals surface area contributed by atoms with Crippen LogP contribution < -0.4 is 9.47 Å². The van der Waals surface area contributed by atoms with Crippen molar-refractivity contribution in [2.24, 2.45) is 0 Å². The van der Waals surface area contributed by atoms with Gasteiger partial charge in [-0.15, -0.1) is 5.10 Å². The number of carbonyl (C=O) groups excluding carboxylic acids is 2. The smallest absolute Gasteiger partial charge is 0.338 e. The van der Waals surface area contributed by atoms with Gasteiger partial charge >= 0.3 is 5.97 Å². The first-order valence-corrected chi connectivity index (χ1v) is 16.8. The summed E-state index contributed by atoms with van der Waals surface area (Å²) in [5.74, 6) is 0.324. The topological polar surface area (TPSA) is 190 Å². The molecular weight excluding hydrogens is 674 g/mol. The first kappa shape index (κ1) is 37.1. The van der Waals surface area contributed by atoms with E-state index >= 15 is 0 Å². The summed E-state index contributed by atoms with van der Waals surface area (Å²) >= 11 is 6.60. The van der Waals surface area contributed by atoms with Crippen LogP contribution in [0.3, 0.4) is 0 Å². The fourth-order valence-corrected chi connectivity index (χ4v) is 6.02. The number of aryl methyl sites for hydroxylation is 3. The number of rotatable bonds is 17. The monoisotopic (exact) mass is 715 g/mol. The maximum Gasteiger partial charge on any atom is 0.338 e. The average Bonchev–Trinajstić information content (AvgIpc) is 3.73. The van der Waals surface area contributed by atoms with E-state index in [2.05, 4.69) is 14.9 Å². The molecule has 4 aromatic rings. The van der Waals surface area contributed by atoms with E-state index in [0.717, 1.165) is 29.6 Å². The Morgan fingerprint density at radius 2 is 1.88 bits per heavy atom. The molecule has 50 heavy (non-hydrogen) atoms. The van der Waals surface area contributed by atoms with E-state index in [4.69, 9.17) is 40.3 Å². The van der Waals surface area contributed by atoms with Crippen LogP contribution in [-0.2, 0) is 45.1 Å². The van der Waals surface area contributed by atoms with Crippen LogP contribution in [0.2, 0.25) is 5.02 Å². The lowest BCUT2D eigenvalue weighted by Crippen LogP contribution is -2.60. The van der Waals surface area contributed by atoms with Gasteiger partial charge in [0.1, 0.15) is 36.5 Å². The number of ketones is 1. The molecule has 16 heteroatoms. The van der Waals surface area contributed by atoms with Crippen molar-refractivity contribution in [1.29, 1.82) is 0 Å². The molecule has 0 bridgehead atoms. The predicted octanol–water partition coefficient (Wildman–Crippen LogP) is 2.87. The molecular formula is C34H42ClN5O10. The number of para-hydroxylation sites is 2. The quantitative estimate of drug-likeness (QED) is 0.136. The van der Waals surface area contributed by atoms with Crippen LogP contribution >= 0.6 is 11.6 Å². The number of aliphatic hydroxyl groups is 3. The second kappa shape index (κ2) is 17.2. The van der Waals surface area contributed by atoms with Gasteiger partial charge in [-0.1, -0.05) is 35.9 Å². The molecule has 270 valence electrons. The van der Waals surface area contributed by atoms with Crippen molar-refractivity contribution in [3.63, 3.8) is 0 Å². The molecule has 0 spiro atoms. The summed E-state index contributed by atoms with van der Waals surface area (Å²) in [5.41, 5.74) is 2.58. The minimum Gasteiger partial charge on any atom is -0.493 e. The van der Waals surface area contributed by atoms with Crippen LogP contribution in [0.15, 0.2) is 42.6 Å². The van der Waals surface area contributed by atoms with Crippen molar-refractivity contribution >= 4 is 34.4 Å². The van der Waals surface area contributed by atoms with Crippen LogP contribution in [0.5, 0.6) is 11.5 Å². The van der Waals surface area contributed by atoms with E-state index in [1.165, 1.54) is 26.4 Å². The molecule has 0 unspecified atom stereocenters. The number of Topliss-reactive ketones (excluding diaryl/α,β-unsaturated/α-hetero) is 1. The van der Waals surface area contributed by atoms with Crippen molar-refractivity contribution < 1.29 is 48.6 Å². The van der Waals surface area contributed by atoms with Gasteiger partial charge in [0.25, 0.3) is 0 Å². The molecule has 0 amide bonds. The second-order valence-electron chi connectivity index (χ2n) is 11.8. The summed E-state index contributed by atoms with van der Waals surface area (Å²) in [6.07, 6.45) is -1.69. The maximum absolute atomic E-state index is 13.2. The summed E-state index contributed by atoms with van der Waals surface area (Å²) in [6.45, 7) is 2.60. The van der Waals surface area contributed by atoms with Gasteiger partial charge in [0.05, 0.1) is 41.0 Å². The lowest BCUT2D eigenvalue weighted by Gasteiger charge is -2.40.